The molecule has 1 aliphatic carbocycles. The Morgan fingerprint density at radius 2 is 1.80 bits per heavy atom. The lowest BCUT2D eigenvalue weighted by atomic mass is 9.88. The number of piperidine rings is 1. The van der Waals surface area contributed by atoms with Gasteiger partial charge < -0.3 is 14.6 Å². The van der Waals surface area contributed by atoms with E-state index in [2.05, 4.69) is 10.2 Å². The second-order valence-corrected chi connectivity index (χ2v) is 11.2. The van der Waals surface area contributed by atoms with Gasteiger partial charge in [-0.2, -0.15) is 0 Å². The smallest absolute Gasteiger partial charge is 0.287 e. The number of nitrogens with zero attached hydrogens (tertiary/aromatic N) is 1. The average Bonchev–Trinajstić information content (AvgIpc) is 3.07. The molecule has 2 aliphatic rings. The third-order valence-electron chi connectivity index (χ3n) is 6.47. The Hall–Kier alpha value is -1.86. The number of furan rings is 1. The summed E-state index contributed by atoms with van der Waals surface area (Å²) in [6.07, 6.45) is 9.83. The zero-order valence-electron chi connectivity index (χ0n) is 17.7. The van der Waals surface area contributed by atoms with Gasteiger partial charge in [-0.3, -0.25) is 4.79 Å². The molecule has 6 nitrogen and oxygen atoms in total. The van der Waals surface area contributed by atoms with Crippen molar-refractivity contribution in [3.8, 4) is 0 Å². The molecule has 1 N–H and O–H groups in total. The van der Waals surface area contributed by atoms with Crippen LogP contribution in [0.1, 0.15) is 61.1 Å². The summed E-state index contributed by atoms with van der Waals surface area (Å²) in [7, 11) is -3.30. The maximum absolute atomic E-state index is 13.0. The van der Waals surface area contributed by atoms with E-state index in [1.165, 1.54) is 44.9 Å². The quantitative estimate of drug-likeness (QED) is 0.752. The standard InChI is InChI=1S/C23H32N2O4S/c1-30(27,28)16-20-19-9-5-6-10-21(19)29-22(20)23(26)24-18-11-13-25(14-12-18)15-17-7-3-2-4-8-17/h5-6,9-10,17-18H,2-4,7-8,11-16H2,1H3,(H,24,26). The van der Waals surface area contributed by atoms with E-state index >= 15 is 0 Å². The van der Waals surface area contributed by atoms with E-state index in [4.69, 9.17) is 4.42 Å². The largest absolute Gasteiger partial charge is 0.451 e. The van der Waals surface area contributed by atoms with Gasteiger partial charge in [-0.1, -0.05) is 37.5 Å². The second kappa shape index (κ2) is 9.10. The minimum Gasteiger partial charge on any atom is -0.451 e. The molecule has 1 saturated carbocycles. The average molecular weight is 433 g/mol. The van der Waals surface area contributed by atoms with Crippen molar-refractivity contribution >= 4 is 26.7 Å². The summed E-state index contributed by atoms with van der Waals surface area (Å²) >= 11 is 0. The molecule has 0 radical (unpaired) electrons. The van der Waals surface area contributed by atoms with E-state index in [1.54, 1.807) is 12.1 Å². The number of hydrogen-bond acceptors (Lipinski definition) is 5. The summed E-state index contributed by atoms with van der Waals surface area (Å²) in [5.74, 6) is 0.452. The van der Waals surface area contributed by atoms with Crippen molar-refractivity contribution in [1.82, 2.24) is 10.2 Å². The molecule has 1 saturated heterocycles. The number of sulfone groups is 1. The highest BCUT2D eigenvalue weighted by molar-refractivity contribution is 7.89. The Morgan fingerprint density at radius 1 is 1.10 bits per heavy atom. The maximum atomic E-state index is 13.0. The lowest BCUT2D eigenvalue weighted by Crippen LogP contribution is -2.46. The van der Waals surface area contributed by atoms with Crippen molar-refractivity contribution in [2.45, 2.75) is 56.7 Å². The molecule has 2 aromatic rings. The van der Waals surface area contributed by atoms with Gasteiger partial charge >= 0.3 is 0 Å². The van der Waals surface area contributed by atoms with Gasteiger partial charge in [0.25, 0.3) is 5.91 Å². The number of carbonyl (C=O) groups is 1. The Morgan fingerprint density at radius 3 is 2.50 bits per heavy atom. The molecule has 0 spiro atoms. The summed E-state index contributed by atoms with van der Waals surface area (Å²) in [5, 5.41) is 3.78. The molecule has 2 fully saturated rings. The summed E-state index contributed by atoms with van der Waals surface area (Å²) in [5.41, 5.74) is 1.00. The molecule has 1 aliphatic heterocycles. The molecule has 0 unspecified atom stereocenters. The van der Waals surface area contributed by atoms with Crippen LogP contribution in [0.4, 0.5) is 0 Å². The Kier molecular flexibility index (Phi) is 6.48. The first-order chi connectivity index (χ1) is 14.4. The minimum atomic E-state index is -3.30. The first-order valence-electron chi connectivity index (χ1n) is 11.1. The number of likely N-dealkylation sites (tertiary alicyclic amines) is 1. The van der Waals surface area contributed by atoms with E-state index in [0.29, 0.717) is 16.5 Å². The van der Waals surface area contributed by atoms with Crippen molar-refractivity contribution in [3.05, 3.63) is 35.6 Å². The number of rotatable bonds is 6. The number of amides is 1. The second-order valence-electron chi connectivity index (χ2n) is 9.03. The summed E-state index contributed by atoms with van der Waals surface area (Å²) in [6, 6.07) is 7.31. The van der Waals surface area contributed by atoms with E-state index in [-0.39, 0.29) is 23.5 Å². The van der Waals surface area contributed by atoms with Crippen LogP contribution < -0.4 is 5.32 Å². The highest BCUT2D eigenvalue weighted by Gasteiger charge is 2.27. The first-order valence-corrected chi connectivity index (χ1v) is 13.2. The lowest BCUT2D eigenvalue weighted by molar-refractivity contribution is 0.0875. The normalized spacial score (nSPS) is 19.9. The summed E-state index contributed by atoms with van der Waals surface area (Å²) < 4.78 is 29.6. The molecule has 164 valence electrons. The van der Waals surface area contributed by atoms with Crippen LogP contribution in [0.2, 0.25) is 0 Å². The van der Waals surface area contributed by atoms with Gasteiger partial charge in [0.05, 0.1) is 5.75 Å². The SMILES string of the molecule is CS(=O)(=O)Cc1c(C(=O)NC2CCN(CC3CCCCC3)CC2)oc2ccccc12. The molecule has 4 rings (SSSR count). The molecule has 1 aromatic heterocycles. The van der Waals surface area contributed by atoms with Crippen molar-refractivity contribution in [2.24, 2.45) is 5.92 Å². The zero-order chi connectivity index (χ0) is 21.1. The number of nitrogens with one attached hydrogen (secondary N) is 1. The van der Waals surface area contributed by atoms with Crippen LogP contribution in [0.25, 0.3) is 11.0 Å². The summed E-state index contributed by atoms with van der Waals surface area (Å²) in [4.78, 5) is 15.5. The molecule has 7 heteroatoms. The van der Waals surface area contributed by atoms with Crippen LogP contribution >= 0.6 is 0 Å². The van der Waals surface area contributed by atoms with Crippen LogP contribution in [0.3, 0.4) is 0 Å². The fraction of sp³-hybridized carbons (Fsp3) is 0.609. The first kappa shape index (κ1) is 21.4. The monoisotopic (exact) mass is 432 g/mol. The molecule has 0 bridgehead atoms. The molecule has 30 heavy (non-hydrogen) atoms. The Labute approximate surface area is 178 Å². The van der Waals surface area contributed by atoms with Crippen LogP contribution in [0.5, 0.6) is 0 Å². The van der Waals surface area contributed by atoms with E-state index in [9.17, 15) is 13.2 Å². The zero-order valence-corrected chi connectivity index (χ0v) is 18.5. The van der Waals surface area contributed by atoms with Gasteiger partial charge in [-0.15, -0.1) is 0 Å². The highest BCUT2D eigenvalue weighted by atomic mass is 32.2. The van der Waals surface area contributed by atoms with Crippen molar-refractivity contribution in [2.75, 3.05) is 25.9 Å². The molecule has 0 atom stereocenters. The van der Waals surface area contributed by atoms with Gasteiger partial charge in [0.1, 0.15) is 5.58 Å². The molecule has 2 heterocycles. The third kappa shape index (κ3) is 5.24. The lowest BCUT2D eigenvalue weighted by Gasteiger charge is -2.35. The van der Waals surface area contributed by atoms with Crippen molar-refractivity contribution in [1.29, 1.82) is 0 Å². The number of para-hydroxylation sites is 1. The maximum Gasteiger partial charge on any atom is 0.287 e. The van der Waals surface area contributed by atoms with Gasteiger partial charge in [0.15, 0.2) is 15.6 Å². The van der Waals surface area contributed by atoms with Crippen LogP contribution in [0, 0.1) is 5.92 Å². The Bertz CT molecular complexity index is 984. The molecular formula is C23H32N2O4S. The van der Waals surface area contributed by atoms with Gasteiger partial charge in [0, 0.05) is 42.9 Å². The number of carbonyl (C=O) groups excluding carboxylic acids is 1. The number of fused-ring (bicyclic) bond motifs is 1. The number of benzene rings is 1. The predicted octanol–water partition coefficient (Wildman–Crippen LogP) is 3.75. The summed E-state index contributed by atoms with van der Waals surface area (Å²) in [6.45, 7) is 3.18. The molecule has 1 aromatic carbocycles. The molecular weight excluding hydrogens is 400 g/mol. The van der Waals surface area contributed by atoms with Crippen LogP contribution in [0.15, 0.2) is 28.7 Å². The van der Waals surface area contributed by atoms with Crippen LogP contribution in [-0.4, -0.2) is 51.2 Å². The minimum absolute atomic E-state index is 0.0967. The van der Waals surface area contributed by atoms with E-state index < -0.39 is 9.84 Å². The van der Waals surface area contributed by atoms with Crippen molar-refractivity contribution in [3.63, 3.8) is 0 Å². The topological polar surface area (TPSA) is 79.6 Å². The van der Waals surface area contributed by atoms with Gasteiger partial charge in [0.2, 0.25) is 0 Å². The molecule has 1 amide bonds. The highest BCUT2D eigenvalue weighted by Crippen LogP contribution is 2.28. The van der Waals surface area contributed by atoms with Gasteiger partial charge in [-0.25, -0.2) is 8.42 Å². The van der Waals surface area contributed by atoms with Crippen LogP contribution in [-0.2, 0) is 15.6 Å². The van der Waals surface area contributed by atoms with E-state index in [1.807, 2.05) is 12.1 Å². The third-order valence-corrected chi connectivity index (χ3v) is 7.29. The van der Waals surface area contributed by atoms with Gasteiger partial charge in [-0.05, 0) is 37.7 Å². The Balaban J connectivity index is 1.39. The van der Waals surface area contributed by atoms with E-state index in [0.717, 1.165) is 31.8 Å². The number of hydrogen-bond donors (Lipinski definition) is 1. The predicted molar refractivity (Wildman–Crippen MR) is 118 cm³/mol. The fourth-order valence-electron chi connectivity index (χ4n) is 4.93. The van der Waals surface area contributed by atoms with Crippen molar-refractivity contribution < 1.29 is 17.6 Å². The fourth-order valence-corrected chi connectivity index (χ4v) is 5.74.